The van der Waals surface area contributed by atoms with Gasteiger partial charge in [-0.3, -0.25) is 10.2 Å². The molecule has 7 nitrogen and oxygen atoms in total. The fraction of sp³-hybridized carbons (Fsp3) is 0.154. The topological polar surface area (TPSA) is 113 Å². The number of hydrogen-bond acceptors (Lipinski definition) is 7. The molecule has 8 heteroatoms. The van der Waals surface area contributed by atoms with E-state index in [1.807, 2.05) is 0 Å². The first-order chi connectivity index (χ1) is 10.2. The van der Waals surface area contributed by atoms with Crippen molar-refractivity contribution in [3.63, 3.8) is 0 Å². The molecule has 1 amide bonds. The predicted molar refractivity (Wildman–Crippen MR) is 83.6 cm³/mol. The van der Waals surface area contributed by atoms with Gasteiger partial charge >= 0.3 is 0 Å². The molecule has 21 heavy (non-hydrogen) atoms. The maximum absolute atomic E-state index is 11.6. The lowest BCUT2D eigenvalue weighted by Gasteiger charge is -2.03. The van der Waals surface area contributed by atoms with Crippen LogP contribution in [0, 0.1) is 0 Å². The Morgan fingerprint density at radius 3 is 2.81 bits per heavy atom. The number of rotatable bonds is 6. The Morgan fingerprint density at radius 1 is 1.43 bits per heavy atom. The minimum atomic E-state index is -0.219. The van der Waals surface area contributed by atoms with Crippen LogP contribution in [0.2, 0.25) is 0 Å². The summed E-state index contributed by atoms with van der Waals surface area (Å²) in [6.07, 6.45) is 1.62. The van der Waals surface area contributed by atoms with Crippen LogP contribution in [-0.4, -0.2) is 35.4 Å². The van der Waals surface area contributed by atoms with Crippen LogP contribution in [0.3, 0.4) is 0 Å². The molecule has 0 aliphatic rings. The zero-order chi connectivity index (χ0) is 15.1. The lowest BCUT2D eigenvalue weighted by atomic mass is 10.1. The zero-order valence-corrected chi connectivity index (χ0v) is 11.9. The number of nitrogens with two attached hydrogens (primary N) is 1. The number of nitrogens with one attached hydrogen (secondary N) is 2. The van der Waals surface area contributed by atoms with E-state index < -0.39 is 0 Å². The highest BCUT2D eigenvalue weighted by molar-refractivity contribution is 7.14. The first kappa shape index (κ1) is 14.9. The summed E-state index contributed by atoms with van der Waals surface area (Å²) in [6, 6.07) is 6.93. The standard InChI is InChI=1S/C13H15N5O2S/c14-11-8-21-13(17-11)18-16-7-9-1-3-10(4-2-9)12(20)15-5-6-19/h1-4,7-8,19H,5-6,14H2,(H,15,20)(H,17,18). The molecule has 0 aliphatic heterocycles. The fourth-order valence-corrected chi connectivity index (χ4v) is 2.04. The smallest absolute Gasteiger partial charge is 0.251 e. The maximum Gasteiger partial charge on any atom is 0.251 e. The molecular weight excluding hydrogens is 290 g/mol. The number of nitrogen functional groups attached to an aromatic ring is 1. The van der Waals surface area contributed by atoms with Crippen LogP contribution in [-0.2, 0) is 0 Å². The van der Waals surface area contributed by atoms with Gasteiger partial charge < -0.3 is 16.2 Å². The number of benzene rings is 1. The SMILES string of the molecule is Nc1csc(NN=Cc2ccc(C(=O)NCCO)cc2)n1. The summed E-state index contributed by atoms with van der Waals surface area (Å²) in [5.41, 5.74) is 9.63. The second kappa shape index (κ2) is 7.36. The third-order valence-corrected chi connectivity index (χ3v) is 3.23. The molecule has 0 radical (unpaired) electrons. The average molecular weight is 305 g/mol. The molecule has 0 saturated carbocycles. The summed E-state index contributed by atoms with van der Waals surface area (Å²) >= 11 is 1.36. The Balaban J connectivity index is 1.91. The van der Waals surface area contributed by atoms with E-state index in [0.717, 1.165) is 5.56 Å². The van der Waals surface area contributed by atoms with Gasteiger partial charge in [0.2, 0.25) is 5.13 Å². The number of thiazole rings is 1. The highest BCUT2D eigenvalue weighted by Crippen LogP contribution is 2.16. The summed E-state index contributed by atoms with van der Waals surface area (Å²) in [7, 11) is 0. The van der Waals surface area contributed by atoms with Gasteiger partial charge in [-0.05, 0) is 17.7 Å². The van der Waals surface area contributed by atoms with Crippen molar-refractivity contribution < 1.29 is 9.90 Å². The van der Waals surface area contributed by atoms with Crippen molar-refractivity contribution in [2.24, 2.45) is 5.10 Å². The number of carbonyl (C=O) groups excluding carboxylic acids is 1. The first-order valence-electron chi connectivity index (χ1n) is 6.18. The van der Waals surface area contributed by atoms with Gasteiger partial charge in [-0.25, -0.2) is 4.98 Å². The third-order valence-electron chi connectivity index (χ3n) is 2.47. The van der Waals surface area contributed by atoms with Gasteiger partial charge in [0.1, 0.15) is 5.82 Å². The van der Waals surface area contributed by atoms with Gasteiger partial charge in [-0.2, -0.15) is 5.10 Å². The summed E-state index contributed by atoms with van der Waals surface area (Å²) in [4.78, 5) is 15.6. The Morgan fingerprint density at radius 2 is 2.19 bits per heavy atom. The molecule has 1 heterocycles. The number of hydrazone groups is 1. The van der Waals surface area contributed by atoms with Crippen molar-refractivity contribution in [2.75, 3.05) is 24.3 Å². The van der Waals surface area contributed by atoms with Crippen LogP contribution in [0.15, 0.2) is 34.7 Å². The normalized spacial score (nSPS) is 10.7. The van der Waals surface area contributed by atoms with Crippen LogP contribution >= 0.6 is 11.3 Å². The molecule has 0 spiro atoms. The van der Waals surface area contributed by atoms with Gasteiger partial charge in [-0.15, -0.1) is 11.3 Å². The van der Waals surface area contributed by atoms with Crippen LogP contribution in [0.1, 0.15) is 15.9 Å². The van der Waals surface area contributed by atoms with E-state index in [-0.39, 0.29) is 19.1 Å². The Bertz CT molecular complexity index is 624. The van der Waals surface area contributed by atoms with E-state index in [2.05, 4.69) is 20.8 Å². The van der Waals surface area contributed by atoms with Crippen LogP contribution in [0.25, 0.3) is 0 Å². The molecule has 0 saturated heterocycles. The maximum atomic E-state index is 11.6. The largest absolute Gasteiger partial charge is 0.395 e. The van der Waals surface area contributed by atoms with E-state index in [4.69, 9.17) is 10.8 Å². The lowest BCUT2D eigenvalue weighted by molar-refractivity contribution is 0.0945. The molecule has 110 valence electrons. The quantitative estimate of drug-likeness (QED) is 0.468. The van der Waals surface area contributed by atoms with Crippen molar-refractivity contribution in [3.8, 4) is 0 Å². The second-order valence-electron chi connectivity index (χ2n) is 4.05. The van der Waals surface area contributed by atoms with E-state index in [1.54, 1.807) is 35.9 Å². The molecule has 0 fully saturated rings. The molecule has 1 aromatic carbocycles. The van der Waals surface area contributed by atoms with Crippen LogP contribution in [0.4, 0.5) is 10.9 Å². The van der Waals surface area contributed by atoms with Gasteiger partial charge in [0.05, 0.1) is 12.8 Å². The number of carbonyl (C=O) groups is 1. The van der Waals surface area contributed by atoms with Crippen molar-refractivity contribution in [3.05, 3.63) is 40.8 Å². The van der Waals surface area contributed by atoms with E-state index in [9.17, 15) is 4.79 Å². The molecule has 5 N–H and O–H groups in total. The number of anilines is 2. The van der Waals surface area contributed by atoms with Crippen molar-refractivity contribution in [2.45, 2.75) is 0 Å². The second-order valence-corrected chi connectivity index (χ2v) is 4.91. The summed E-state index contributed by atoms with van der Waals surface area (Å²) in [5, 5.41) is 17.6. The van der Waals surface area contributed by atoms with Gasteiger partial charge in [0, 0.05) is 17.5 Å². The van der Waals surface area contributed by atoms with Gasteiger partial charge in [-0.1, -0.05) is 12.1 Å². The molecule has 0 bridgehead atoms. The Labute approximate surface area is 125 Å². The number of aromatic nitrogens is 1. The molecule has 0 atom stereocenters. The minimum Gasteiger partial charge on any atom is -0.395 e. The van der Waals surface area contributed by atoms with E-state index in [1.165, 1.54) is 11.3 Å². The number of hydrogen-bond donors (Lipinski definition) is 4. The van der Waals surface area contributed by atoms with Crippen LogP contribution < -0.4 is 16.5 Å². The van der Waals surface area contributed by atoms with Crippen molar-refractivity contribution >= 4 is 34.4 Å². The molecule has 0 unspecified atom stereocenters. The van der Waals surface area contributed by atoms with E-state index in [0.29, 0.717) is 16.5 Å². The molecule has 0 aliphatic carbocycles. The average Bonchev–Trinajstić information content (AvgIpc) is 2.91. The van der Waals surface area contributed by atoms with Crippen molar-refractivity contribution in [1.29, 1.82) is 0 Å². The Hall–Kier alpha value is -2.45. The number of amides is 1. The first-order valence-corrected chi connectivity index (χ1v) is 7.06. The minimum absolute atomic E-state index is 0.0799. The molecular formula is C13H15N5O2S. The molecule has 2 aromatic rings. The highest BCUT2D eigenvalue weighted by atomic mass is 32.1. The van der Waals surface area contributed by atoms with Crippen molar-refractivity contribution in [1.82, 2.24) is 10.3 Å². The lowest BCUT2D eigenvalue weighted by Crippen LogP contribution is -2.26. The number of aliphatic hydroxyl groups excluding tert-OH is 1. The summed E-state index contributed by atoms with van der Waals surface area (Å²) in [6.45, 7) is 0.159. The van der Waals surface area contributed by atoms with Crippen LogP contribution in [0.5, 0.6) is 0 Å². The fourth-order valence-electron chi connectivity index (χ4n) is 1.49. The third kappa shape index (κ3) is 4.55. The summed E-state index contributed by atoms with van der Waals surface area (Å²) < 4.78 is 0. The molecule has 2 rings (SSSR count). The molecule has 1 aromatic heterocycles. The highest BCUT2D eigenvalue weighted by Gasteiger charge is 2.03. The Kier molecular flexibility index (Phi) is 5.24. The summed E-state index contributed by atoms with van der Waals surface area (Å²) in [5.74, 6) is 0.236. The van der Waals surface area contributed by atoms with Gasteiger partial charge in [0.25, 0.3) is 5.91 Å². The number of aliphatic hydroxyl groups is 1. The van der Waals surface area contributed by atoms with E-state index >= 15 is 0 Å². The monoisotopic (exact) mass is 305 g/mol. The number of nitrogens with zero attached hydrogens (tertiary/aromatic N) is 2. The van der Waals surface area contributed by atoms with Gasteiger partial charge in [0.15, 0.2) is 0 Å². The zero-order valence-electron chi connectivity index (χ0n) is 11.1. The predicted octanol–water partition coefficient (Wildman–Crippen LogP) is 0.893.